The van der Waals surface area contributed by atoms with Gasteiger partial charge < -0.3 is 10.2 Å². The number of hydrogen-bond acceptors (Lipinski definition) is 2. The number of aliphatic hydroxyl groups is 1. The third kappa shape index (κ3) is 27.5. The molecule has 1 atom stereocenters. The summed E-state index contributed by atoms with van der Waals surface area (Å²) in [5.41, 5.74) is 0. The zero-order valence-corrected chi connectivity index (χ0v) is 21.8. The summed E-state index contributed by atoms with van der Waals surface area (Å²) in [7, 11) is 0. The first kappa shape index (κ1) is 31.4. The highest BCUT2D eigenvalue weighted by atomic mass is 16.4. The van der Waals surface area contributed by atoms with Gasteiger partial charge in [-0.2, -0.15) is 0 Å². The number of rotatable bonds is 27. The van der Waals surface area contributed by atoms with Gasteiger partial charge >= 0.3 is 5.97 Å². The molecule has 0 amide bonds. The molecule has 0 aromatic heterocycles. The molecule has 2 N–H and O–H groups in total. The van der Waals surface area contributed by atoms with Crippen molar-refractivity contribution < 1.29 is 15.0 Å². The number of carboxylic acids is 1. The van der Waals surface area contributed by atoms with E-state index in [1.165, 1.54) is 128 Å². The second-order valence-electron chi connectivity index (χ2n) is 10.2. The standard InChI is InChI=1S/C29H58O3/c1-2-25-28(30)26-23-21-19-17-15-13-11-9-7-5-3-4-6-8-10-12-14-16-18-20-22-24-27-29(31)32/h28,30H,2-27H2,1H3,(H,31,32). The zero-order chi connectivity index (χ0) is 23.5. The third-order valence-corrected chi connectivity index (χ3v) is 6.80. The first-order chi connectivity index (χ1) is 15.7. The Morgan fingerprint density at radius 2 is 0.781 bits per heavy atom. The van der Waals surface area contributed by atoms with Crippen LogP contribution < -0.4 is 0 Å². The molecule has 0 aliphatic rings. The summed E-state index contributed by atoms with van der Waals surface area (Å²) >= 11 is 0. The molecule has 0 radical (unpaired) electrons. The van der Waals surface area contributed by atoms with Crippen molar-refractivity contribution in [3.8, 4) is 0 Å². The van der Waals surface area contributed by atoms with Gasteiger partial charge in [0.1, 0.15) is 0 Å². The zero-order valence-electron chi connectivity index (χ0n) is 21.8. The van der Waals surface area contributed by atoms with Gasteiger partial charge in [0.2, 0.25) is 0 Å². The molecule has 3 nitrogen and oxygen atoms in total. The lowest BCUT2D eigenvalue weighted by Crippen LogP contribution is -2.04. The minimum absolute atomic E-state index is 0.0508. The van der Waals surface area contributed by atoms with Crippen LogP contribution in [0.25, 0.3) is 0 Å². The number of aliphatic hydroxyl groups excluding tert-OH is 1. The van der Waals surface area contributed by atoms with E-state index < -0.39 is 5.97 Å². The van der Waals surface area contributed by atoms with Crippen LogP contribution in [0.4, 0.5) is 0 Å². The highest BCUT2D eigenvalue weighted by Crippen LogP contribution is 2.16. The van der Waals surface area contributed by atoms with Crippen molar-refractivity contribution in [2.45, 2.75) is 180 Å². The lowest BCUT2D eigenvalue weighted by molar-refractivity contribution is -0.137. The molecule has 0 saturated carbocycles. The van der Waals surface area contributed by atoms with Crippen LogP contribution in [0.2, 0.25) is 0 Å². The van der Waals surface area contributed by atoms with Crippen molar-refractivity contribution >= 4 is 5.97 Å². The summed E-state index contributed by atoms with van der Waals surface area (Å²) in [6, 6.07) is 0. The van der Waals surface area contributed by atoms with Crippen molar-refractivity contribution in [3.63, 3.8) is 0 Å². The minimum atomic E-state index is -0.654. The second-order valence-corrected chi connectivity index (χ2v) is 10.2. The summed E-state index contributed by atoms with van der Waals surface area (Å²) in [5, 5.41) is 18.3. The average Bonchev–Trinajstić information content (AvgIpc) is 2.76. The van der Waals surface area contributed by atoms with Crippen LogP contribution in [0.15, 0.2) is 0 Å². The largest absolute Gasteiger partial charge is 0.481 e. The van der Waals surface area contributed by atoms with Gasteiger partial charge in [-0.15, -0.1) is 0 Å². The third-order valence-electron chi connectivity index (χ3n) is 6.80. The Morgan fingerprint density at radius 1 is 0.500 bits per heavy atom. The van der Waals surface area contributed by atoms with Crippen LogP contribution in [-0.2, 0) is 4.79 Å². The van der Waals surface area contributed by atoms with Gasteiger partial charge in [0, 0.05) is 6.42 Å². The molecule has 0 aliphatic heterocycles. The molecule has 0 aromatic rings. The number of aliphatic carboxylic acids is 1. The maximum atomic E-state index is 10.4. The van der Waals surface area contributed by atoms with E-state index in [0.29, 0.717) is 6.42 Å². The van der Waals surface area contributed by atoms with Crippen molar-refractivity contribution in [3.05, 3.63) is 0 Å². The van der Waals surface area contributed by atoms with Crippen molar-refractivity contribution in [2.75, 3.05) is 0 Å². The Balaban J connectivity index is 3.04. The quantitative estimate of drug-likeness (QED) is 0.121. The SMILES string of the molecule is CCCC(O)CCCCCCCCCCCCCCCCCCCCCCCCC(=O)O. The fraction of sp³-hybridized carbons (Fsp3) is 0.966. The number of unbranched alkanes of at least 4 members (excludes halogenated alkanes) is 21. The maximum absolute atomic E-state index is 10.4. The van der Waals surface area contributed by atoms with E-state index in [9.17, 15) is 9.90 Å². The van der Waals surface area contributed by atoms with Crippen LogP contribution in [0.1, 0.15) is 174 Å². The average molecular weight is 455 g/mol. The highest BCUT2D eigenvalue weighted by Gasteiger charge is 2.01. The normalized spacial score (nSPS) is 12.3. The van der Waals surface area contributed by atoms with Crippen LogP contribution in [-0.4, -0.2) is 22.3 Å². The predicted molar refractivity (Wildman–Crippen MR) is 139 cm³/mol. The van der Waals surface area contributed by atoms with Crippen molar-refractivity contribution in [2.24, 2.45) is 0 Å². The van der Waals surface area contributed by atoms with E-state index in [0.717, 1.165) is 32.1 Å². The Hall–Kier alpha value is -0.570. The summed E-state index contributed by atoms with van der Waals surface area (Å²) in [4.78, 5) is 10.4. The summed E-state index contributed by atoms with van der Waals surface area (Å²) in [5.74, 6) is -0.654. The molecule has 1 unspecified atom stereocenters. The van der Waals surface area contributed by atoms with Gasteiger partial charge in [-0.05, 0) is 19.3 Å². The van der Waals surface area contributed by atoms with E-state index in [2.05, 4.69) is 6.92 Å². The van der Waals surface area contributed by atoms with Gasteiger partial charge in [-0.1, -0.05) is 148 Å². The van der Waals surface area contributed by atoms with E-state index in [1.54, 1.807) is 0 Å². The van der Waals surface area contributed by atoms with Gasteiger partial charge in [0.05, 0.1) is 6.10 Å². The molecule has 0 aromatic carbocycles. The van der Waals surface area contributed by atoms with Crippen LogP contribution >= 0.6 is 0 Å². The molecule has 0 heterocycles. The van der Waals surface area contributed by atoms with Gasteiger partial charge in [0.25, 0.3) is 0 Å². The molecule has 192 valence electrons. The van der Waals surface area contributed by atoms with E-state index >= 15 is 0 Å². The lowest BCUT2D eigenvalue weighted by atomic mass is 10.0. The summed E-state index contributed by atoms with van der Waals surface area (Å²) < 4.78 is 0. The Morgan fingerprint density at radius 3 is 1.06 bits per heavy atom. The van der Waals surface area contributed by atoms with Crippen LogP contribution in [0.5, 0.6) is 0 Å². The molecule has 0 spiro atoms. The molecule has 0 fully saturated rings. The molecule has 0 aliphatic carbocycles. The fourth-order valence-corrected chi connectivity index (χ4v) is 4.67. The molecule has 0 rings (SSSR count). The Labute approximate surface area is 201 Å². The smallest absolute Gasteiger partial charge is 0.303 e. The minimum Gasteiger partial charge on any atom is -0.481 e. The molecular weight excluding hydrogens is 396 g/mol. The second kappa shape index (κ2) is 26.7. The molecule has 0 saturated heterocycles. The molecule has 32 heavy (non-hydrogen) atoms. The number of hydrogen-bond donors (Lipinski definition) is 2. The van der Waals surface area contributed by atoms with Gasteiger partial charge in [-0.25, -0.2) is 0 Å². The molecular formula is C29H58O3. The number of carboxylic acid groups (broad SMARTS) is 1. The first-order valence-corrected chi connectivity index (χ1v) is 14.6. The van der Waals surface area contributed by atoms with E-state index in [-0.39, 0.29) is 6.10 Å². The Kier molecular flexibility index (Phi) is 26.2. The predicted octanol–water partition coefficient (Wildman–Crippen LogP) is 9.59. The van der Waals surface area contributed by atoms with Crippen LogP contribution in [0.3, 0.4) is 0 Å². The maximum Gasteiger partial charge on any atom is 0.303 e. The number of carbonyl (C=O) groups is 1. The van der Waals surface area contributed by atoms with Gasteiger partial charge in [0.15, 0.2) is 0 Å². The summed E-state index contributed by atoms with van der Waals surface area (Å²) in [6.07, 6.45) is 32.7. The summed E-state index contributed by atoms with van der Waals surface area (Å²) in [6.45, 7) is 2.15. The molecule has 0 bridgehead atoms. The Bertz CT molecular complexity index is 369. The monoisotopic (exact) mass is 454 g/mol. The fourth-order valence-electron chi connectivity index (χ4n) is 4.67. The topological polar surface area (TPSA) is 57.5 Å². The van der Waals surface area contributed by atoms with Crippen molar-refractivity contribution in [1.29, 1.82) is 0 Å². The molecule has 3 heteroatoms. The lowest BCUT2D eigenvalue weighted by Gasteiger charge is -2.08. The van der Waals surface area contributed by atoms with E-state index in [1.807, 2.05) is 0 Å². The van der Waals surface area contributed by atoms with Crippen LogP contribution in [0, 0.1) is 0 Å². The van der Waals surface area contributed by atoms with Gasteiger partial charge in [-0.3, -0.25) is 4.79 Å². The van der Waals surface area contributed by atoms with Crippen molar-refractivity contribution in [1.82, 2.24) is 0 Å². The first-order valence-electron chi connectivity index (χ1n) is 14.6. The highest BCUT2D eigenvalue weighted by molar-refractivity contribution is 5.66. The van der Waals surface area contributed by atoms with E-state index in [4.69, 9.17) is 5.11 Å².